The zero-order chi connectivity index (χ0) is 24.7. The summed E-state index contributed by atoms with van der Waals surface area (Å²) in [5.41, 5.74) is 5.56. The van der Waals surface area contributed by atoms with Gasteiger partial charge in [0, 0.05) is 17.2 Å². The molecule has 0 spiro atoms. The van der Waals surface area contributed by atoms with Crippen molar-refractivity contribution >= 4 is 17.2 Å². The molecule has 0 saturated heterocycles. The summed E-state index contributed by atoms with van der Waals surface area (Å²) in [5.74, 6) is 2.51. The molecule has 0 aliphatic heterocycles. The lowest BCUT2D eigenvalue weighted by molar-refractivity contribution is 0.306. The Morgan fingerprint density at radius 3 is 2.31 bits per heavy atom. The highest BCUT2D eigenvalue weighted by Crippen LogP contribution is 2.40. The van der Waals surface area contributed by atoms with Gasteiger partial charge in [-0.25, -0.2) is 14.8 Å². The average molecular weight is 475 g/mol. The van der Waals surface area contributed by atoms with Crippen LogP contribution in [0.25, 0.3) is 16.1 Å². The van der Waals surface area contributed by atoms with E-state index >= 15 is 0 Å². The third-order valence-electron chi connectivity index (χ3n) is 6.66. The van der Waals surface area contributed by atoms with Crippen LogP contribution in [0.3, 0.4) is 0 Å². The second kappa shape index (κ2) is 11.0. The van der Waals surface area contributed by atoms with Gasteiger partial charge in [0.05, 0.1) is 6.57 Å². The number of aromatic nitrogens is 2. The number of ether oxygens (including phenoxy) is 1. The number of benzene rings is 3. The van der Waals surface area contributed by atoms with Gasteiger partial charge in [0.1, 0.15) is 18.1 Å². The highest BCUT2D eigenvalue weighted by atomic mass is 16.5. The molecule has 0 radical (unpaired) electrons. The van der Waals surface area contributed by atoms with E-state index in [1.54, 1.807) is 0 Å². The maximum atomic E-state index is 7.25. The summed E-state index contributed by atoms with van der Waals surface area (Å²) in [5, 5.41) is 3.48. The standard InChI is InChI=1S/C31H30N4O/c1-22-13-15-24(16-14-22)28-29(36-21-23-9-5-3-6-10-23)31(33-27-19-17-26(32-2)18-20-27)35-30(34-28)25-11-7-4-8-12-25/h3,5-6,9-10,13-20,25H,4,7-8,11-12,21H2,1H3,(H,33,34,35). The summed E-state index contributed by atoms with van der Waals surface area (Å²) in [7, 11) is 0. The van der Waals surface area contributed by atoms with Gasteiger partial charge in [-0.3, -0.25) is 0 Å². The summed E-state index contributed by atoms with van der Waals surface area (Å²) in [6.45, 7) is 9.75. The topological polar surface area (TPSA) is 51.4 Å². The third kappa shape index (κ3) is 5.55. The van der Waals surface area contributed by atoms with E-state index in [4.69, 9.17) is 21.3 Å². The fourth-order valence-electron chi connectivity index (χ4n) is 4.63. The van der Waals surface area contributed by atoms with Crippen molar-refractivity contribution < 1.29 is 4.74 Å². The van der Waals surface area contributed by atoms with E-state index in [1.807, 2.05) is 42.5 Å². The minimum atomic E-state index is 0.344. The smallest absolute Gasteiger partial charge is 0.188 e. The van der Waals surface area contributed by atoms with Gasteiger partial charge in [-0.2, -0.15) is 0 Å². The number of nitrogens with zero attached hydrogens (tertiary/aromatic N) is 3. The SMILES string of the molecule is [C-]#[N+]c1ccc(Nc2nc(C3CCCCC3)nc(-c3ccc(C)cc3)c2OCc2ccccc2)cc1. The van der Waals surface area contributed by atoms with Gasteiger partial charge in [0.15, 0.2) is 17.3 Å². The van der Waals surface area contributed by atoms with Crippen LogP contribution < -0.4 is 10.1 Å². The first kappa shape index (κ1) is 23.6. The predicted octanol–water partition coefficient (Wildman–Crippen LogP) is 8.37. The van der Waals surface area contributed by atoms with Crippen LogP contribution in [0, 0.1) is 13.5 Å². The van der Waals surface area contributed by atoms with E-state index in [1.165, 1.54) is 24.8 Å². The molecule has 36 heavy (non-hydrogen) atoms. The lowest BCUT2D eigenvalue weighted by atomic mass is 9.88. The van der Waals surface area contributed by atoms with Crippen LogP contribution >= 0.6 is 0 Å². The number of rotatable bonds is 7. The van der Waals surface area contributed by atoms with Gasteiger partial charge in [-0.1, -0.05) is 91.6 Å². The first-order valence-corrected chi connectivity index (χ1v) is 12.6. The van der Waals surface area contributed by atoms with Crippen molar-refractivity contribution in [3.05, 3.63) is 107 Å². The van der Waals surface area contributed by atoms with Gasteiger partial charge in [0.25, 0.3) is 0 Å². The Hall–Kier alpha value is -4.17. The highest BCUT2D eigenvalue weighted by Gasteiger charge is 2.24. The van der Waals surface area contributed by atoms with Crippen molar-refractivity contribution in [1.82, 2.24) is 9.97 Å². The number of hydrogen-bond acceptors (Lipinski definition) is 4. The van der Waals surface area contributed by atoms with Gasteiger partial charge in [0.2, 0.25) is 0 Å². The maximum Gasteiger partial charge on any atom is 0.188 e. The van der Waals surface area contributed by atoms with Crippen LogP contribution in [0.1, 0.15) is 55.0 Å². The van der Waals surface area contributed by atoms with E-state index in [-0.39, 0.29) is 0 Å². The fraction of sp³-hybridized carbons (Fsp3) is 0.258. The van der Waals surface area contributed by atoms with E-state index in [9.17, 15) is 0 Å². The molecule has 3 aromatic carbocycles. The molecular weight excluding hydrogens is 444 g/mol. The summed E-state index contributed by atoms with van der Waals surface area (Å²) in [6.07, 6.45) is 5.91. The first-order chi connectivity index (χ1) is 17.7. The van der Waals surface area contributed by atoms with Gasteiger partial charge < -0.3 is 10.1 Å². The molecule has 4 aromatic rings. The van der Waals surface area contributed by atoms with Crippen LogP contribution in [0.4, 0.5) is 17.2 Å². The minimum Gasteiger partial charge on any atom is -0.483 e. The molecule has 1 aliphatic carbocycles. The quantitative estimate of drug-likeness (QED) is 0.273. The number of hydrogen-bond donors (Lipinski definition) is 1. The van der Waals surface area contributed by atoms with E-state index < -0.39 is 0 Å². The molecule has 1 saturated carbocycles. The molecule has 0 unspecified atom stereocenters. The third-order valence-corrected chi connectivity index (χ3v) is 6.66. The lowest BCUT2D eigenvalue weighted by Gasteiger charge is -2.23. The largest absolute Gasteiger partial charge is 0.483 e. The summed E-state index contributed by atoms with van der Waals surface area (Å²) >= 11 is 0. The van der Waals surface area contributed by atoms with Crippen LogP contribution in [0.2, 0.25) is 0 Å². The van der Waals surface area contributed by atoms with Crippen molar-refractivity contribution in [3.8, 4) is 17.0 Å². The maximum absolute atomic E-state index is 7.25. The molecule has 1 fully saturated rings. The van der Waals surface area contributed by atoms with Crippen LogP contribution in [-0.4, -0.2) is 9.97 Å². The fourth-order valence-corrected chi connectivity index (χ4v) is 4.63. The molecule has 180 valence electrons. The zero-order valence-electron chi connectivity index (χ0n) is 20.6. The normalized spacial score (nSPS) is 13.7. The Kier molecular flexibility index (Phi) is 7.23. The summed E-state index contributed by atoms with van der Waals surface area (Å²) in [6, 6.07) is 26.0. The zero-order valence-corrected chi connectivity index (χ0v) is 20.6. The molecule has 0 bridgehead atoms. The van der Waals surface area contributed by atoms with Gasteiger partial charge >= 0.3 is 0 Å². The second-order valence-corrected chi connectivity index (χ2v) is 9.37. The number of aryl methyl sites for hydroxylation is 1. The Balaban J connectivity index is 1.61. The first-order valence-electron chi connectivity index (χ1n) is 12.6. The van der Waals surface area contributed by atoms with Gasteiger partial charge in [-0.15, -0.1) is 0 Å². The molecule has 5 rings (SSSR count). The average Bonchev–Trinajstić information content (AvgIpc) is 2.94. The molecular formula is C31H30N4O. The van der Waals surface area contributed by atoms with Crippen molar-refractivity contribution in [2.75, 3.05) is 5.32 Å². The lowest BCUT2D eigenvalue weighted by Crippen LogP contribution is -2.13. The molecule has 1 heterocycles. The van der Waals surface area contributed by atoms with E-state index in [2.05, 4.69) is 53.5 Å². The molecule has 1 aliphatic rings. The monoisotopic (exact) mass is 474 g/mol. The Morgan fingerprint density at radius 2 is 1.61 bits per heavy atom. The van der Waals surface area contributed by atoms with Crippen molar-refractivity contribution in [2.45, 2.75) is 51.6 Å². The predicted molar refractivity (Wildman–Crippen MR) is 145 cm³/mol. The van der Waals surface area contributed by atoms with Crippen LogP contribution in [0.5, 0.6) is 5.75 Å². The Labute approximate surface area is 213 Å². The molecule has 0 atom stereocenters. The summed E-state index contributed by atoms with van der Waals surface area (Å²) < 4.78 is 6.46. The van der Waals surface area contributed by atoms with Gasteiger partial charge in [-0.05, 0) is 37.5 Å². The number of anilines is 2. The van der Waals surface area contributed by atoms with E-state index in [0.717, 1.165) is 41.2 Å². The van der Waals surface area contributed by atoms with Crippen molar-refractivity contribution in [1.29, 1.82) is 0 Å². The molecule has 5 heteroatoms. The molecule has 0 amide bonds. The molecule has 5 nitrogen and oxygen atoms in total. The minimum absolute atomic E-state index is 0.344. The number of nitrogens with one attached hydrogen (secondary N) is 1. The highest BCUT2D eigenvalue weighted by molar-refractivity contribution is 5.76. The van der Waals surface area contributed by atoms with E-state index in [0.29, 0.717) is 29.8 Å². The van der Waals surface area contributed by atoms with Crippen molar-refractivity contribution in [2.24, 2.45) is 0 Å². The Bertz CT molecular complexity index is 1340. The molecule has 1 aromatic heterocycles. The van der Waals surface area contributed by atoms with Crippen molar-refractivity contribution in [3.63, 3.8) is 0 Å². The van der Waals surface area contributed by atoms with Crippen LogP contribution in [0.15, 0.2) is 78.9 Å². The summed E-state index contributed by atoms with van der Waals surface area (Å²) in [4.78, 5) is 13.7. The van der Waals surface area contributed by atoms with Crippen LogP contribution in [-0.2, 0) is 6.61 Å². The molecule has 1 N–H and O–H groups in total. The second-order valence-electron chi connectivity index (χ2n) is 9.37. The Morgan fingerprint density at radius 1 is 0.889 bits per heavy atom.